The van der Waals surface area contributed by atoms with Crippen LogP contribution in [0, 0.1) is 6.92 Å². The Hall–Kier alpha value is -2.26. The predicted octanol–water partition coefficient (Wildman–Crippen LogP) is 4.11. The van der Waals surface area contributed by atoms with E-state index in [9.17, 15) is 0 Å². The molecule has 0 N–H and O–H groups in total. The summed E-state index contributed by atoms with van der Waals surface area (Å²) in [6.07, 6.45) is 1.05. The van der Waals surface area contributed by atoms with Gasteiger partial charge < -0.3 is 14.2 Å². The molecule has 0 saturated carbocycles. The topological polar surface area (TPSA) is 17.4 Å². The fourth-order valence-electron chi connectivity index (χ4n) is 3.28. The van der Waals surface area contributed by atoms with E-state index in [1.807, 2.05) is 0 Å². The molecule has 1 heterocycles. The molecule has 24 heavy (non-hydrogen) atoms. The van der Waals surface area contributed by atoms with E-state index in [2.05, 4.69) is 79.0 Å². The van der Waals surface area contributed by atoms with E-state index in [1.165, 1.54) is 27.7 Å². The number of aromatic nitrogens is 1. The van der Waals surface area contributed by atoms with Crippen molar-refractivity contribution in [3.63, 3.8) is 0 Å². The second kappa shape index (κ2) is 7.10. The van der Waals surface area contributed by atoms with Gasteiger partial charge in [-0.3, -0.25) is 0 Å². The van der Waals surface area contributed by atoms with E-state index >= 15 is 0 Å². The smallest absolute Gasteiger partial charge is 0.119 e. The Kier molecular flexibility index (Phi) is 4.91. The Labute approximate surface area is 144 Å². The van der Waals surface area contributed by atoms with Gasteiger partial charge in [0.05, 0.1) is 7.11 Å². The molecule has 0 aliphatic carbocycles. The summed E-state index contributed by atoms with van der Waals surface area (Å²) in [5.74, 6) is 0.922. The molecule has 3 heteroatoms. The Bertz CT molecular complexity index is 819. The molecular weight excluding hydrogens is 296 g/mol. The van der Waals surface area contributed by atoms with Gasteiger partial charge in [-0.25, -0.2) is 0 Å². The van der Waals surface area contributed by atoms with Crippen LogP contribution in [0.5, 0.6) is 5.75 Å². The van der Waals surface area contributed by atoms with Crippen LogP contribution < -0.4 is 4.74 Å². The number of hydrogen-bond donors (Lipinski definition) is 0. The van der Waals surface area contributed by atoms with Crippen molar-refractivity contribution in [2.45, 2.75) is 19.9 Å². The molecule has 1 aromatic heterocycles. The number of likely N-dealkylation sites (N-methyl/N-ethyl adjacent to an activating group) is 1. The highest BCUT2D eigenvalue weighted by Gasteiger charge is 2.15. The molecule has 0 amide bonds. The van der Waals surface area contributed by atoms with Crippen LogP contribution in [0.25, 0.3) is 10.9 Å². The van der Waals surface area contributed by atoms with Gasteiger partial charge in [0.15, 0.2) is 0 Å². The van der Waals surface area contributed by atoms with Crippen LogP contribution in [0.2, 0.25) is 0 Å². The van der Waals surface area contributed by atoms with E-state index in [0.717, 1.165) is 25.3 Å². The van der Waals surface area contributed by atoms with E-state index < -0.39 is 0 Å². The van der Waals surface area contributed by atoms with Crippen molar-refractivity contribution in [2.75, 3.05) is 27.7 Å². The monoisotopic (exact) mass is 322 g/mol. The van der Waals surface area contributed by atoms with Gasteiger partial charge >= 0.3 is 0 Å². The maximum atomic E-state index is 5.45. The molecule has 126 valence electrons. The van der Waals surface area contributed by atoms with Crippen LogP contribution in [0.3, 0.4) is 0 Å². The van der Waals surface area contributed by atoms with Crippen LogP contribution in [-0.2, 0) is 13.0 Å². The van der Waals surface area contributed by atoms with E-state index in [0.29, 0.717) is 0 Å². The summed E-state index contributed by atoms with van der Waals surface area (Å²) >= 11 is 0. The second-order valence-corrected chi connectivity index (χ2v) is 6.57. The first-order chi connectivity index (χ1) is 11.6. The molecule has 0 fully saturated rings. The summed E-state index contributed by atoms with van der Waals surface area (Å²) in [6.45, 7) is 4.18. The molecule has 0 aliphatic heterocycles. The standard InChI is InChI=1S/C21H26N2O/c1-16-19(12-13-22(2)3)20-14-18(24-4)10-11-21(20)23(16)15-17-8-6-5-7-9-17/h5-11,14H,12-13,15H2,1-4H3. The fourth-order valence-corrected chi connectivity index (χ4v) is 3.28. The van der Waals surface area contributed by atoms with Crippen LogP contribution in [0.1, 0.15) is 16.8 Å². The van der Waals surface area contributed by atoms with Gasteiger partial charge in [-0.1, -0.05) is 30.3 Å². The van der Waals surface area contributed by atoms with Gasteiger partial charge in [-0.15, -0.1) is 0 Å². The average molecular weight is 322 g/mol. The van der Waals surface area contributed by atoms with Gasteiger partial charge in [0, 0.05) is 29.7 Å². The number of ether oxygens (including phenoxy) is 1. The molecule has 0 aliphatic rings. The summed E-state index contributed by atoms with van der Waals surface area (Å²) < 4.78 is 7.88. The SMILES string of the molecule is COc1ccc2c(c1)c(CCN(C)C)c(C)n2Cc1ccccc1. The maximum absolute atomic E-state index is 5.45. The molecular formula is C21H26N2O. The van der Waals surface area contributed by atoms with Crippen molar-refractivity contribution in [2.24, 2.45) is 0 Å². The van der Waals surface area contributed by atoms with Crippen LogP contribution >= 0.6 is 0 Å². The number of rotatable bonds is 6. The van der Waals surface area contributed by atoms with Gasteiger partial charge in [-0.05, 0) is 56.8 Å². The first-order valence-corrected chi connectivity index (χ1v) is 8.44. The number of hydrogen-bond acceptors (Lipinski definition) is 2. The van der Waals surface area contributed by atoms with Gasteiger partial charge in [0.1, 0.15) is 5.75 Å². The van der Waals surface area contributed by atoms with E-state index in [4.69, 9.17) is 4.74 Å². The highest BCUT2D eigenvalue weighted by atomic mass is 16.5. The third-order valence-electron chi connectivity index (χ3n) is 4.65. The molecule has 0 radical (unpaired) electrons. The van der Waals surface area contributed by atoms with E-state index in [-0.39, 0.29) is 0 Å². The molecule has 0 atom stereocenters. The zero-order chi connectivity index (χ0) is 17.1. The zero-order valence-corrected chi connectivity index (χ0v) is 15.0. The summed E-state index contributed by atoms with van der Waals surface area (Å²) in [4.78, 5) is 2.24. The lowest BCUT2D eigenvalue weighted by Crippen LogP contribution is -2.15. The molecule has 3 aromatic rings. The summed E-state index contributed by atoms with van der Waals surface area (Å²) in [6, 6.07) is 17.1. The average Bonchev–Trinajstić information content (AvgIpc) is 2.85. The minimum atomic E-state index is 0.900. The van der Waals surface area contributed by atoms with Crippen molar-refractivity contribution < 1.29 is 4.74 Å². The molecule has 3 rings (SSSR count). The molecule has 0 spiro atoms. The minimum absolute atomic E-state index is 0.900. The van der Waals surface area contributed by atoms with Crippen LogP contribution in [0.15, 0.2) is 48.5 Å². The van der Waals surface area contributed by atoms with Crippen molar-refractivity contribution in [3.05, 3.63) is 65.4 Å². The molecule has 0 saturated heterocycles. The molecule has 3 nitrogen and oxygen atoms in total. The third-order valence-corrected chi connectivity index (χ3v) is 4.65. The first kappa shape index (κ1) is 16.6. The molecule has 2 aromatic carbocycles. The summed E-state index contributed by atoms with van der Waals surface area (Å²) in [5, 5.41) is 1.31. The van der Waals surface area contributed by atoms with Crippen molar-refractivity contribution in [1.82, 2.24) is 9.47 Å². The molecule has 0 unspecified atom stereocenters. The predicted molar refractivity (Wildman–Crippen MR) is 101 cm³/mol. The lowest BCUT2D eigenvalue weighted by Gasteiger charge is -2.11. The van der Waals surface area contributed by atoms with Gasteiger partial charge in [-0.2, -0.15) is 0 Å². The Balaban J connectivity index is 2.09. The highest BCUT2D eigenvalue weighted by molar-refractivity contribution is 5.87. The van der Waals surface area contributed by atoms with E-state index in [1.54, 1.807) is 7.11 Å². The number of benzene rings is 2. The normalized spacial score (nSPS) is 11.4. The first-order valence-electron chi connectivity index (χ1n) is 8.44. The largest absolute Gasteiger partial charge is 0.497 e. The lowest BCUT2D eigenvalue weighted by molar-refractivity contribution is 0.413. The lowest BCUT2D eigenvalue weighted by atomic mass is 10.1. The van der Waals surface area contributed by atoms with Crippen molar-refractivity contribution >= 4 is 10.9 Å². The second-order valence-electron chi connectivity index (χ2n) is 6.57. The van der Waals surface area contributed by atoms with Gasteiger partial charge in [0.25, 0.3) is 0 Å². The number of nitrogens with zero attached hydrogens (tertiary/aromatic N) is 2. The maximum Gasteiger partial charge on any atom is 0.119 e. The summed E-state index contributed by atoms with van der Waals surface area (Å²) in [7, 11) is 5.98. The Morgan fingerprint density at radius 2 is 1.79 bits per heavy atom. The Morgan fingerprint density at radius 3 is 2.46 bits per heavy atom. The fraction of sp³-hybridized carbons (Fsp3) is 0.333. The van der Waals surface area contributed by atoms with Crippen LogP contribution in [0.4, 0.5) is 0 Å². The highest BCUT2D eigenvalue weighted by Crippen LogP contribution is 2.30. The zero-order valence-electron chi connectivity index (χ0n) is 15.0. The third kappa shape index (κ3) is 3.31. The quantitative estimate of drug-likeness (QED) is 0.679. The Morgan fingerprint density at radius 1 is 1.04 bits per heavy atom. The van der Waals surface area contributed by atoms with Crippen LogP contribution in [-0.4, -0.2) is 37.2 Å². The van der Waals surface area contributed by atoms with Crippen molar-refractivity contribution in [1.29, 1.82) is 0 Å². The molecule has 0 bridgehead atoms. The van der Waals surface area contributed by atoms with Gasteiger partial charge in [0.2, 0.25) is 0 Å². The number of fused-ring (bicyclic) bond motifs is 1. The van der Waals surface area contributed by atoms with Crippen molar-refractivity contribution in [3.8, 4) is 5.75 Å². The summed E-state index contributed by atoms with van der Waals surface area (Å²) in [5.41, 5.74) is 5.39. The number of methoxy groups -OCH3 is 1. The minimum Gasteiger partial charge on any atom is -0.497 e.